The van der Waals surface area contributed by atoms with E-state index in [0.717, 1.165) is 9.87 Å². The fourth-order valence-electron chi connectivity index (χ4n) is 2.58. The molecule has 12 heteroatoms. The second-order valence-electron chi connectivity index (χ2n) is 6.67. The van der Waals surface area contributed by atoms with Gasteiger partial charge in [-0.3, -0.25) is 9.36 Å². The number of hydrogen-bond acceptors (Lipinski definition) is 7. The minimum absolute atomic E-state index is 0.0958. The first kappa shape index (κ1) is 23.1. The van der Waals surface area contributed by atoms with E-state index in [1.54, 1.807) is 6.07 Å². The van der Waals surface area contributed by atoms with Gasteiger partial charge in [0.15, 0.2) is 5.16 Å². The number of sulfonamides is 1. The van der Waals surface area contributed by atoms with Gasteiger partial charge < -0.3 is 11.1 Å². The summed E-state index contributed by atoms with van der Waals surface area (Å²) >= 11 is 7.55. The number of anilines is 2. The number of rotatable bonds is 8. The first-order valence-corrected chi connectivity index (χ1v) is 11.9. The largest absolute Gasteiger partial charge is 0.368 e. The number of nitrogen functional groups attached to an aromatic ring is 1. The Morgan fingerprint density at radius 2 is 1.84 bits per heavy atom. The van der Waals surface area contributed by atoms with Crippen LogP contribution < -0.4 is 11.1 Å². The van der Waals surface area contributed by atoms with Crippen molar-refractivity contribution < 1.29 is 13.2 Å². The van der Waals surface area contributed by atoms with E-state index in [9.17, 15) is 13.2 Å². The quantitative estimate of drug-likeness (QED) is 0.475. The minimum Gasteiger partial charge on any atom is -0.368 e. The first-order valence-electron chi connectivity index (χ1n) is 9.06. The van der Waals surface area contributed by atoms with Gasteiger partial charge in [-0.2, -0.15) is 0 Å². The van der Waals surface area contributed by atoms with E-state index in [-0.39, 0.29) is 23.3 Å². The SMILES string of the molecule is CN(C)S(=O)(=O)c1ccc(NC(=O)Cn2c(N)nnc2SCc2ccccc2Cl)cc1. The Bertz CT molecular complexity index is 1180. The second-order valence-corrected chi connectivity index (χ2v) is 10.2. The highest BCUT2D eigenvalue weighted by Gasteiger charge is 2.18. The molecule has 0 aliphatic rings. The maximum Gasteiger partial charge on any atom is 0.244 e. The van der Waals surface area contributed by atoms with Crippen molar-refractivity contribution >= 4 is 50.9 Å². The van der Waals surface area contributed by atoms with Crippen LogP contribution in [0.3, 0.4) is 0 Å². The lowest BCUT2D eigenvalue weighted by atomic mass is 10.2. The molecule has 0 atom stereocenters. The maximum atomic E-state index is 12.5. The molecule has 164 valence electrons. The van der Waals surface area contributed by atoms with Gasteiger partial charge in [0.05, 0.1) is 4.90 Å². The molecule has 3 aromatic rings. The molecule has 3 rings (SSSR count). The molecule has 0 radical (unpaired) electrons. The molecular weight excluding hydrogens is 460 g/mol. The number of halogens is 1. The van der Waals surface area contributed by atoms with Crippen molar-refractivity contribution in [2.75, 3.05) is 25.1 Å². The Morgan fingerprint density at radius 3 is 2.48 bits per heavy atom. The number of benzene rings is 2. The average Bonchev–Trinajstić information content (AvgIpc) is 3.07. The van der Waals surface area contributed by atoms with Gasteiger partial charge in [0, 0.05) is 30.6 Å². The summed E-state index contributed by atoms with van der Waals surface area (Å²) in [6.07, 6.45) is 0. The lowest BCUT2D eigenvalue weighted by molar-refractivity contribution is -0.116. The number of hydrogen-bond donors (Lipinski definition) is 2. The number of nitrogens with two attached hydrogens (primary N) is 1. The molecule has 0 fully saturated rings. The Kier molecular flexibility index (Phi) is 7.21. The van der Waals surface area contributed by atoms with Crippen LogP contribution in [0.2, 0.25) is 5.02 Å². The standard InChI is InChI=1S/C19H21ClN6O3S2/c1-25(2)31(28,29)15-9-7-14(8-10-15)22-17(27)11-26-18(21)23-24-19(26)30-12-13-5-3-4-6-16(13)20/h3-10H,11-12H2,1-2H3,(H2,21,23)(H,22,27). The van der Waals surface area contributed by atoms with E-state index in [1.165, 1.54) is 54.7 Å². The molecule has 0 spiro atoms. The molecule has 1 heterocycles. The van der Waals surface area contributed by atoms with E-state index in [4.69, 9.17) is 17.3 Å². The molecule has 0 bridgehead atoms. The highest BCUT2D eigenvalue weighted by atomic mass is 35.5. The number of aromatic nitrogens is 3. The molecule has 0 aliphatic carbocycles. The van der Waals surface area contributed by atoms with Gasteiger partial charge in [-0.15, -0.1) is 10.2 Å². The monoisotopic (exact) mass is 480 g/mol. The molecule has 31 heavy (non-hydrogen) atoms. The average molecular weight is 481 g/mol. The molecule has 0 aliphatic heterocycles. The molecule has 1 amide bonds. The van der Waals surface area contributed by atoms with Gasteiger partial charge in [-0.05, 0) is 35.9 Å². The van der Waals surface area contributed by atoms with Crippen LogP contribution in [0.15, 0.2) is 58.6 Å². The van der Waals surface area contributed by atoms with E-state index >= 15 is 0 Å². The summed E-state index contributed by atoms with van der Waals surface area (Å²) in [5, 5.41) is 11.7. The minimum atomic E-state index is -3.54. The van der Waals surface area contributed by atoms with E-state index in [1.807, 2.05) is 18.2 Å². The van der Waals surface area contributed by atoms with E-state index in [2.05, 4.69) is 15.5 Å². The van der Waals surface area contributed by atoms with Crippen LogP contribution in [0.5, 0.6) is 0 Å². The number of carbonyl (C=O) groups is 1. The third-order valence-electron chi connectivity index (χ3n) is 4.28. The van der Waals surface area contributed by atoms with Crippen LogP contribution in [0.25, 0.3) is 0 Å². The van der Waals surface area contributed by atoms with Crippen molar-refractivity contribution in [3.63, 3.8) is 0 Å². The lowest BCUT2D eigenvalue weighted by Gasteiger charge is -2.12. The van der Waals surface area contributed by atoms with E-state index < -0.39 is 10.0 Å². The zero-order chi connectivity index (χ0) is 22.6. The summed E-state index contributed by atoms with van der Waals surface area (Å²) < 4.78 is 26.9. The fourth-order valence-corrected chi connectivity index (χ4v) is 4.71. The zero-order valence-electron chi connectivity index (χ0n) is 16.8. The van der Waals surface area contributed by atoms with Crippen LogP contribution in [0.4, 0.5) is 11.6 Å². The second kappa shape index (κ2) is 9.69. The lowest BCUT2D eigenvalue weighted by Crippen LogP contribution is -2.22. The van der Waals surface area contributed by atoms with Crippen LogP contribution in [-0.2, 0) is 27.1 Å². The van der Waals surface area contributed by atoms with Crippen molar-refractivity contribution in [3.05, 3.63) is 59.1 Å². The zero-order valence-corrected chi connectivity index (χ0v) is 19.2. The van der Waals surface area contributed by atoms with Gasteiger partial charge in [-0.1, -0.05) is 41.6 Å². The van der Waals surface area contributed by atoms with Gasteiger partial charge >= 0.3 is 0 Å². The Hall–Kier alpha value is -2.60. The smallest absolute Gasteiger partial charge is 0.244 e. The predicted octanol–water partition coefficient (Wildman–Crippen LogP) is 2.70. The highest BCUT2D eigenvalue weighted by molar-refractivity contribution is 7.98. The van der Waals surface area contributed by atoms with E-state index in [0.29, 0.717) is 21.6 Å². The highest BCUT2D eigenvalue weighted by Crippen LogP contribution is 2.26. The summed E-state index contributed by atoms with van der Waals surface area (Å²) in [6.45, 7) is -0.0958. The summed E-state index contributed by atoms with van der Waals surface area (Å²) in [7, 11) is -0.627. The van der Waals surface area contributed by atoms with Gasteiger partial charge in [0.2, 0.25) is 21.9 Å². The molecule has 0 saturated heterocycles. The number of carbonyl (C=O) groups excluding carboxylic acids is 1. The third-order valence-corrected chi connectivity index (χ3v) is 7.49. The Balaban J connectivity index is 1.66. The van der Waals surface area contributed by atoms with Crippen LogP contribution in [0, 0.1) is 0 Å². The van der Waals surface area contributed by atoms with Crippen molar-refractivity contribution in [1.29, 1.82) is 0 Å². The van der Waals surface area contributed by atoms with Crippen LogP contribution >= 0.6 is 23.4 Å². The summed E-state index contributed by atoms with van der Waals surface area (Å²) in [5.74, 6) is 0.305. The van der Waals surface area contributed by atoms with Crippen molar-refractivity contribution in [3.8, 4) is 0 Å². The number of nitrogens with one attached hydrogen (secondary N) is 1. The predicted molar refractivity (Wildman–Crippen MR) is 121 cm³/mol. The molecule has 3 N–H and O–H groups in total. The molecule has 1 aromatic heterocycles. The molecule has 2 aromatic carbocycles. The molecule has 0 saturated carbocycles. The Labute approximate surface area is 189 Å². The third kappa shape index (κ3) is 5.56. The van der Waals surface area contributed by atoms with Crippen LogP contribution in [-0.4, -0.2) is 47.5 Å². The number of thioether (sulfide) groups is 1. The molecule has 0 unspecified atom stereocenters. The first-order chi connectivity index (χ1) is 14.7. The van der Waals surface area contributed by atoms with Crippen molar-refractivity contribution in [2.24, 2.45) is 0 Å². The topological polar surface area (TPSA) is 123 Å². The van der Waals surface area contributed by atoms with Gasteiger partial charge in [0.25, 0.3) is 0 Å². The number of amides is 1. The summed E-state index contributed by atoms with van der Waals surface area (Å²) in [6, 6.07) is 13.4. The van der Waals surface area contributed by atoms with Crippen molar-refractivity contribution in [2.45, 2.75) is 22.3 Å². The van der Waals surface area contributed by atoms with Gasteiger partial charge in [0.1, 0.15) is 6.54 Å². The summed E-state index contributed by atoms with van der Waals surface area (Å²) in [5.41, 5.74) is 7.26. The van der Waals surface area contributed by atoms with Crippen LogP contribution in [0.1, 0.15) is 5.56 Å². The summed E-state index contributed by atoms with van der Waals surface area (Å²) in [4.78, 5) is 12.6. The van der Waals surface area contributed by atoms with Gasteiger partial charge in [-0.25, -0.2) is 12.7 Å². The number of nitrogens with zero attached hydrogens (tertiary/aromatic N) is 4. The maximum absolute atomic E-state index is 12.5. The molecular formula is C19H21ClN6O3S2. The molecule has 9 nitrogen and oxygen atoms in total. The fraction of sp³-hybridized carbons (Fsp3) is 0.211. The Morgan fingerprint density at radius 1 is 1.16 bits per heavy atom. The normalized spacial score (nSPS) is 11.6. The van der Waals surface area contributed by atoms with Crippen molar-refractivity contribution in [1.82, 2.24) is 19.1 Å².